The van der Waals surface area contributed by atoms with Crippen LogP contribution in [-0.4, -0.2) is 19.0 Å². The van der Waals surface area contributed by atoms with Gasteiger partial charge in [0.15, 0.2) is 0 Å². The van der Waals surface area contributed by atoms with Crippen LogP contribution in [0.2, 0.25) is 0 Å². The van der Waals surface area contributed by atoms with Gasteiger partial charge in [0.05, 0.1) is 0 Å². The monoisotopic (exact) mass is 287 g/mol. The van der Waals surface area contributed by atoms with E-state index in [0.717, 1.165) is 31.6 Å². The van der Waals surface area contributed by atoms with E-state index in [-0.39, 0.29) is 5.91 Å². The van der Waals surface area contributed by atoms with E-state index in [4.69, 9.17) is 0 Å². The highest BCUT2D eigenvalue weighted by Gasteiger charge is 2.15. The SMILES string of the molecule is CCCCc1ccc(NC(=O)CCC2CCC[N]C2)cc1. The first-order valence-corrected chi connectivity index (χ1v) is 8.30. The lowest BCUT2D eigenvalue weighted by molar-refractivity contribution is -0.116. The van der Waals surface area contributed by atoms with Crippen LogP contribution in [0.3, 0.4) is 0 Å². The van der Waals surface area contributed by atoms with Gasteiger partial charge in [0.1, 0.15) is 0 Å². The number of carbonyl (C=O) groups is 1. The molecule has 1 radical (unpaired) electrons. The molecule has 1 amide bonds. The van der Waals surface area contributed by atoms with E-state index < -0.39 is 0 Å². The summed E-state index contributed by atoms with van der Waals surface area (Å²) < 4.78 is 0. The predicted octanol–water partition coefficient (Wildman–Crippen LogP) is 3.76. The second-order valence-electron chi connectivity index (χ2n) is 6.03. The summed E-state index contributed by atoms with van der Waals surface area (Å²) in [6, 6.07) is 8.26. The fraction of sp³-hybridized carbons (Fsp3) is 0.611. The van der Waals surface area contributed by atoms with Gasteiger partial charge in [0, 0.05) is 25.2 Å². The van der Waals surface area contributed by atoms with Crippen LogP contribution in [-0.2, 0) is 11.2 Å². The molecule has 115 valence electrons. The van der Waals surface area contributed by atoms with Gasteiger partial charge in [0.2, 0.25) is 5.91 Å². The lowest BCUT2D eigenvalue weighted by Crippen LogP contribution is -2.25. The van der Waals surface area contributed by atoms with Gasteiger partial charge in [-0.3, -0.25) is 4.79 Å². The molecule has 1 aliphatic heterocycles. The highest BCUT2D eigenvalue weighted by atomic mass is 16.1. The third-order valence-corrected chi connectivity index (χ3v) is 4.15. The first-order valence-electron chi connectivity index (χ1n) is 8.30. The Morgan fingerprint density at radius 3 is 2.81 bits per heavy atom. The van der Waals surface area contributed by atoms with E-state index in [2.05, 4.69) is 29.7 Å². The van der Waals surface area contributed by atoms with E-state index in [1.165, 1.54) is 31.2 Å². The van der Waals surface area contributed by atoms with Gasteiger partial charge < -0.3 is 5.32 Å². The minimum atomic E-state index is 0.127. The molecule has 2 rings (SSSR count). The summed E-state index contributed by atoms with van der Waals surface area (Å²) in [6.07, 6.45) is 7.54. The van der Waals surface area contributed by atoms with Crippen molar-refractivity contribution >= 4 is 11.6 Å². The Balaban J connectivity index is 1.71. The molecule has 3 nitrogen and oxygen atoms in total. The molecule has 1 aromatic carbocycles. The van der Waals surface area contributed by atoms with Crippen LogP contribution in [0.1, 0.15) is 51.0 Å². The molecule has 1 fully saturated rings. The Morgan fingerprint density at radius 2 is 2.14 bits per heavy atom. The molecule has 0 aromatic heterocycles. The molecule has 1 aromatic rings. The molecular formula is C18H27N2O. The zero-order valence-electron chi connectivity index (χ0n) is 13.1. The molecule has 21 heavy (non-hydrogen) atoms. The lowest BCUT2D eigenvalue weighted by Gasteiger charge is -2.20. The van der Waals surface area contributed by atoms with E-state index in [1.807, 2.05) is 12.1 Å². The molecule has 0 spiro atoms. The van der Waals surface area contributed by atoms with Gasteiger partial charge in [-0.2, -0.15) is 0 Å². The number of anilines is 1. The number of nitrogens with one attached hydrogen (secondary N) is 1. The first-order chi connectivity index (χ1) is 10.3. The molecule has 1 saturated heterocycles. The number of amides is 1. The number of rotatable bonds is 7. The summed E-state index contributed by atoms with van der Waals surface area (Å²) in [6.45, 7) is 4.15. The Bertz CT molecular complexity index is 421. The van der Waals surface area contributed by atoms with Crippen LogP contribution in [0.4, 0.5) is 5.69 Å². The summed E-state index contributed by atoms with van der Waals surface area (Å²) in [7, 11) is 0. The largest absolute Gasteiger partial charge is 0.326 e. The van der Waals surface area contributed by atoms with Gasteiger partial charge in [-0.1, -0.05) is 25.5 Å². The Labute approximate surface area is 128 Å². The molecule has 3 heteroatoms. The van der Waals surface area contributed by atoms with Crippen molar-refractivity contribution in [3.63, 3.8) is 0 Å². The fourth-order valence-corrected chi connectivity index (χ4v) is 2.79. The number of hydrogen-bond acceptors (Lipinski definition) is 1. The Hall–Kier alpha value is -1.35. The number of benzene rings is 1. The third kappa shape index (κ3) is 5.88. The smallest absolute Gasteiger partial charge is 0.224 e. The number of hydrogen-bond donors (Lipinski definition) is 1. The van der Waals surface area contributed by atoms with Gasteiger partial charge in [-0.15, -0.1) is 0 Å². The summed E-state index contributed by atoms with van der Waals surface area (Å²) >= 11 is 0. The summed E-state index contributed by atoms with van der Waals surface area (Å²) in [5.74, 6) is 0.739. The van der Waals surface area contributed by atoms with Crippen LogP contribution in [0.5, 0.6) is 0 Å². The van der Waals surface area contributed by atoms with Crippen molar-refractivity contribution in [3.8, 4) is 0 Å². The minimum Gasteiger partial charge on any atom is -0.326 e. The Morgan fingerprint density at radius 1 is 1.33 bits per heavy atom. The molecule has 0 saturated carbocycles. The zero-order valence-corrected chi connectivity index (χ0v) is 13.1. The van der Waals surface area contributed by atoms with E-state index in [0.29, 0.717) is 12.3 Å². The number of piperidine rings is 1. The van der Waals surface area contributed by atoms with Crippen molar-refractivity contribution in [1.82, 2.24) is 5.32 Å². The Kier molecular flexibility index (Phi) is 6.74. The van der Waals surface area contributed by atoms with Crippen LogP contribution in [0, 0.1) is 5.92 Å². The maximum absolute atomic E-state index is 12.0. The van der Waals surface area contributed by atoms with Gasteiger partial charge in [-0.25, -0.2) is 5.32 Å². The summed E-state index contributed by atoms with van der Waals surface area (Å²) in [5.41, 5.74) is 2.26. The number of aryl methyl sites for hydroxylation is 1. The number of carbonyl (C=O) groups excluding carboxylic acids is 1. The second kappa shape index (κ2) is 8.83. The number of nitrogens with zero attached hydrogens (tertiary/aromatic N) is 1. The maximum Gasteiger partial charge on any atom is 0.224 e. The molecule has 0 bridgehead atoms. The van der Waals surface area contributed by atoms with Gasteiger partial charge in [-0.05, 0) is 55.7 Å². The quantitative estimate of drug-likeness (QED) is 0.815. The van der Waals surface area contributed by atoms with E-state index in [9.17, 15) is 4.79 Å². The summed E-state index contributed by atoms with van der Waals surface area (Å²) in [5, 5.41) is 7.42. The van der Waals surface area contributed by atoms with Crippen LogP contribution >= 0.6 is 0 Å². The van der Waals surface area contributed by atoms with Crippen LogP contribution < -0.4 is 10.6 Å². The molecular weight excluding hydrogens is 260 g/mol. The third-order valence-electron chi connectivity index (χ3n) is 4.15. The summed E-state index contributed by atoms with van der Waals surface area (Å²) in [4.78, 5) is 12.0. The van der Waals surface area contributed by atoms with E-state index in [1.54, 1.807) is 0 Å². The van der Waals surface area contributed by atoms with Gasteiger partial charge in [0.25, 0.3) is 0 Å². The average molecular weight is 287 g/mol. The van der Waals surface area contributed by atoms with Crippen molar-refractivity contribution in [3.05, 3.63) is 29.8 Å². The highest BCUT2D eigenvalue weighted by Crippen LogP contribution is 2.17. The fourth-order valence-electron chi connectivity index (χ4n) is 2.79. The lowest BCUT2D eigenvalue weighted by atomic mass is 9.94. The standard InChI is InChI=1S/C18H27N2O/c1-2-3-5-15-7-10-17(11-8-15)20-18(21)12-9-16-6-4-13-19-14-16/h7-8,10-11,16H,2-6,9,12-14H2,1H3,(H,20,21). The maximum atomic E-state index is 12.0. The second-order valence-corrected chi connectivity index (χ2v) is 6.03. The molecule has 0 aliphatic carbocycles. The molecule has 1 unspecified atom stereocenters. The van der Waals surface area contributed by atoms with Crippen molar-refractivity contribution in [1.29, 1.82) is 0 Å². The van der Waals surface area contributed by atoms with E-state index >= 15 is 0 Å². The van der Waals surface area contributed by atoms with Crippen molar-refractivity contribution in [2.75, 3.05) is 18.4 Å². The van der Waals surface area contributed by atoms with Crippen LogP contribution in [0.15, 0.2) is 24.3 Å². The first kappa shape index (κ1) is 16.0. The molecule has 1 heterocycles. The molecule has 1 aliphatic rings. The number of unbranched alkanes of at least 4 members (excludes halogenated alkanes) is 1. The highest BCUT2D eigenvalue weighted by molar-refractivity contribution is 5.90. The van der Waals surface area contributed by atoms with Crippen LogP contribution in [0.25, 0.3) is 0 Å². The van der Waals surface area contributed by atoms with Crippen molar-refractivity contribution < 1.29 is 4.79 Å². The van der Waals surface area contributed by atoms with Crippen molar-refractivity contribution in [2.24, 2.45) is 5.92 Å². The average Bonchev–Trinajstić information content (AvgIpc) is 2.53. The normalized spacial score (nSPS) is 18.4. The van der Waals surface area contributed by atoms with Crippen molar-refractivity contribution in [2.45, 2.75) is 51.9 Å². The molecule has 1 atom stereocenters. The molecule has 1 N–H and O–H groups in total. The minimum absolute atomic E-state index is 0.127. The predicted molar refractivity (Wildman–Crippen MR) is 87.5 cm³/mol. The topological polar surface area (TPSA) is 43.2 Å². The zero-order chi connectivity index (χ0) is 14.9. The van der Waals surface area contributed by atoms with Gasteiger partial charge >= 0.3 is 0 Å².